The molecule has 3 N–H and O–H groups in total. The van der Waals surface area contributed by atoms with Gasteiger partial charge in [0.25, 0.3) is 0 Å². The fourth-order valence-corrected chi connectivity index (χ4v) is 3.17. The predicted molar refractivity (Wildman–Crippen MR) is 75.3 cm³/mol. The molecule has 1 atom stereocenters. The fraction of sp³-hybridized carbons (Fsp3) is 0. The van der Waals surface area contributed by atoms with Crippen LogP contribution in [0.2, 0.25) is 0 Å². The number of hydrogen-bond acceptors (Lipinski definition) is 5. The van der Waals surface area contributed by atoms with Gasteiger partial charge in [-0.25, -0.2) is 8.42 Å². The summed E-state index contributed by atoms with van der Waals surface area (Å²) in [6.07, 6.45) is 0. The van der Waals surface area contributed by atoms with E-state index in [1.54, 1.807) is 0 Å². The van der Waals surface area contributed by atoms with Gasteiger partial charge in [0.2, 0.25) is 9.84 Å². The van der Waals surface area contributed by atoms with E-state index in [0.717, 1.165) is 0 Å². The summed E-state index contributed by atoms with van der Waals surface area (Å²) in [6, 6.07) is 11.3. The van der Waals surface area contributed by atoms with Gasteiger partial charge in [0, 0.05) is 22.6 Å². The highest BCUT2D eigenvalue weighted by atomic mass is 32.2. The van der Waals surface area contributed by atoms with Crippen molar-refractivity contribution >= 4 is 32.5 Å². The predicted octanol–water partition coefficient (Wildman–Crippen LogP) is 1.31. The lowest BCUT2D eigenvalue weighted by molar-refractivity contribution is 0.542. The average Bonchev–Trinajstić information content (AvgIpc) is 2.39. The van der Waals surface area contributed by atoms with Crippen molar-refractivity contribution in [3.63, 3.8) is 0 Å². The van der Waals surface area contributed by atoms with Gasteiger partial charge < -0.3 is 15.0 Å². The van der Waals surface area contributed by atoms with Crippen molar-refractivity contribution in [3.05, 3.63) is 48.5 Å². The van der Waals surface area contributed by atoms with E-state index in [0.29, 0.717) is 5.69 Å². The smallest absolute Gasteiger partial charge is 0.206 e. The molecule has 8 heteroatoms. The Kier molecular flexibility index (Phi) is 4.07. The van der Waals surface area contributed by atoms with Gasteiger partial charge in [-0.15, -0.1) is 0 Å². The third-order valence-corrected chi connectivity index (χ3v) is 4.74. The Hall–Kier alpha value is -1.90. The van der Waals surface area contributed by atoms with E-state index in [2.05, 4.69) is 4.72 Å². The molecule has 0 bridgehead atoms. The Labute approximate surface area is 119 Å². The first-order chi connectivity index (χ1) is 9.39. The maximum Gasteiger partial charge on any atom is 0.206 e. The second-order valence-corrected chi connectivity index (χ2v) is 6.56. The zero-order valence-electron chi connectivity index (χ0n) is 10.1. The molecule has 0 heterocycles. The minimum atomic E-state index is -3.64. The summed E-state index contributed by atoms with van der Waals surface area (Å²) in [6.45, 7) is 0. The summed E-state index contributed by atoms with van der Waals surface area (Å²) in [5.74, 6) is 0. The second kappa shape index (κ2) is 5.61. The van der Waals surface area contributed by atoms with Crippen LogP contribution < -0.4 is 10.5 Å². The molecular formula is C12H11N2O4S2-. The molecule has 0 saturated carbocycles. The fourth-order valence-electron chi connectivity index (χ4n) is 1.58. The van der Waals surface area contributed by atoms with Crippen molar-refractivity contribution in [1.82, 2.24) is 0 Å². The first-order valence-corrected chi connectivity index (χ1v) is 8.02. The molecule has 20 heavy (non-hydrogen) atoms. The molecule has 0 aliphatic rings. The van der Waals surface area contributed by atoms with E-state index in [-0.39, 0.29) is 15.5 Å². The number of sulfone groups is 1. The molecule has 1 unspecified atom stereocenters. The van der Waals surface area contributed by atoms with E-state index in [9.17, 15) is 17.2 Å². The molecule has 2 rings (SSSR count). The molecule has 0 aliphatic carbocycles. The SMILES string of the molecule is Nc1ccc(S(=O)(=O)c2ccc(NS(=O)[O-])cc2)cc1. The molecule has 0 spiro atoms. The van der Waals surface area contributed by atoms with Crippen LogP contribution in [0.5, 0.6) is 0 Å². The van der Waals surface area contributed by atoms with E-state index in [1.807, 2.05) is 0 Å². The van der Waals surface area contributed by atoms with E-state index in [4.69, 9.17) is 5.73 Å². The van der Waals surface area contributed by atoms with Crippen molar-refractivity contribution in [3.8, 4) is 0 Å². The summed E-state index contributed by atoms with van der Waals surface area (Å²) < 4.78 is 47.7. The van der Waals surface area contributed by atoms with Gasteiger partial charge in [0.1, 0.15) is 0 Å². The number of nitrogens with one attached hydrogen (secondary N) is 1. The van der Waals surface area contributed by atoms with Gasteiger partial charge >= 0.3 is 0 Å². The van der Waals surface area contributed by atoms with Crippen LogP contribution in [0.3, 0.4) is 0 Å². The molecule has 2 aromatic rings. The Morgan fingerprint density at radius 3 is 1.85 bits per heavy atom. The third-order valence-electron chi connectivity index (χ3n) is 2.56. The minimum Gasteiger partial charge on any atom is -0.755 e. The molecule has 0 amide bonds. The molecule has 0 aromatic heterocycles. The number of anilines is 2. The van der Waals surface area contributed by atoms with Crippen molar-refractivity contribution in [1.29, 1.82) is 0 Å². The number of benzene rings is 2. The molecule has 0 saturated heterocycles. The van der Waals surface area contributed by atoms with Crippen LogP contribution in [0.1, 0.15) is 0 Å². The third kappa shape index (κ3) is 3.16. The zero-order valence-corrected chi connectivity index (χ0v) is 11.8. The summed E-state index contributed by atoms with van der Waals surface area (Å²) in [5, 5.41) is 0. The highest BCUT2D eigenvalue weighted by Gasteiger charge is 2.17. The molecule has 2 aromatic carbocycles. The maximum atomic E-state index is 12.3. The van der Waals surface area contributed by atoms with E-state index in [1.165, 1.54) is 48.5 Å². The van der Waals surface area contributed by atoms with Crippen LogP contribution in [0, 0.1) is 0 Å². The summed E-state index contributed by atoms with van der Waals surface area (Å²) >= 11 is -2.45. The Morgan fingerprint density at radius 2 is 1.40 bits per heavy atom. The topological polar surface area (TPSA) is 112 Å². The van der Waals surface area contributed by atoms with Crippen molar-refractivity contribution in [2.45, 2.75) is 9.79 Å². The molecule has 0 aliphatic heterocycles. The molecule has 6 nitrogen and oxygen atoms in total. The minimum absolute atomic E-state index is 0.0736. The highest BCUT2D eigenvalue weighted by molar-refractivity contribution is 7.91. The molecule has 0 fully saturated rings. The standard InChI is InChI=1S/C12H12N2O4S2/c13-9-1-5-11(6-2-9)20(17,18)12-7-3-10(4-8-12)14-19(15)16/h1-8,14H,13H2,(H,15,16)/p-1. The van der Waals surface area contributed by atoms with E-state index < -0.39 is 21.1 Å². The Morgan fingerprint density at radius 1 is 0.950 bits per heavy atom. The number of hydrogen-bond donors (Lipinski definition) is 2. The number of rotatable bonds is 4. The lowest BCUT2D eigenvalue weighted by Crippen LogP contribution is -2.04. The van der Waals surface area contributed by atoms with Crippen LogP contribution in [-0.4, -0.2) is 17.2 Å². The van der Waals surface area contributed by atoms with Crippen LogP contribution in [-0.2, 0) is 21.1 Å². The van der Waals surface area contributed by atoms with Crippen LogP contribution in [0.4, 0.5) is 11.4 Å². The maximum absolute atomic E-state index is 12.3. The zero-order chi connectivity index (χ0) is 14.8. The largest absolute Gasteiger partial charge is 0.755 e. The highest BCUT2D eigenvalue weighted by Crippen LogP contribution is 2.23. The van der Waals surface area contributed by atoms with Crippen molar-refractivity contribution < 1.29 is 17.2 Å². The number of nitrogen functional groups attached to an aromatic ring is 1. The van der Waals surface area contributed by atoms with Gasteiger partial charge in [-0.05, 0) is 48.5 Å². The van der Waals surface area contributed by atoms with Crippen LogP contribution >= 0.6 is 0 Å². The summed E-state index contributed by atoms with van der Waals surface area (Å²) in [7, 11) is -3.64. The van der Waals surface area contributed by atoms with Crippen molar-refractivity contribution in [2.24, 2.45) is 0 Å². The van der Waals surface area contributed by atoms with Crippen molar-refractivity contribution in [2.75, 3.05) is 10.5 Å². The number of nitrogens with two attached hydrogens (primary N) is 1. The molecule has 106 valence electrons. The van der Waals surface area contributed by atoms with Crippen LogP contribution in [0.15, 0.2) is 58.3 Å². The van der Waals surface area contributed by atoms with Gasteiger partial charge in [0.15, 0.2) is 0 Å². The quantitative estimate of drug-likeness (QED) is 0.653. The monoisotopic (exact) mass is 311 g/mol. The molecule has 0 radical (unpaired) electrons. The van der Waals surface area contributed by atoms with Gasteiger partial charge in [-0.3, -0.25) is 4.21 Å². The Balaban J connectivity index is 2.34. The second-order valence-electron chi connectivity index (χ2n) is 3.93. The summed E-state index contributed by atoms with van der Waals surface area (Å²) in [4.78, 5) is 0.198. The average molecular weight is 311 g/mol. The first kappa shape index (κ1) is 14.5. The van der Waals surface area contributed by atoms with Gasteiger partial charge in [-0.2, -0.15) is 0 Å². The Bertz CT molecular complexity index is 725. The van der Waals surface area contributed by atoms with Crippen LogP contribution in [0.25, 0.3) is 0 Å². The molecular weight excluding hydrogens is 300 g/mol. The van der Waals surface area contributed by atoms with E-state index >= 15 is 0 Å². The van der Waals surface area contributed by atoms with Gasteiger partial charge in [0.05, 0.1) is 9.79 Å². The summed E-state index contributed by atoms with van der Waals surface area (Å²) in [5.41, 5.74) is 6.27. The lowest BCUT2D eigenvalue weighted by atomic mass is 10.3. The lowest BCUT2D eigenvalue weighted by Gasteiger charge is -2.09. The normalized spacial score (nSPS) is 12.8. The first-order valence-electron chi connectivity index (χ1n) is 5.46. The van der Waals surface area contributed by atoms with Gasteiger partial charge in [-0.1, -0.05) is 0 Å².